The molecule has 1 aliphatic heterocycles. The van der Waals surface area contributed by atoms with E-state index >= 15 is 0 Å². The first kappa shape index (κ1) is 18.4. The molecule has 0 aliphatic carbocycles. The minimum atomic E-state index is -0.457. The normalized spacial score (nSPS) is 18.1. The maximum atomic E-state index is 13.2. The van der Waals surface area contributed by atoms with E-state index in [1.165, 1.54) is 0 Å². The molecule has 1 amide bonds. The second-order valence-electron chi connectivity index (χ2n) is 7.08. The van der Waals surface area contributed by atoms with E-state index in [1.807, 2.05) is 37.3 Å². The van der Waals surface area contributed by atoms with Crippen molar-refractivity contribution < 1.29 is 9.53 Å². The Morgan fingerprint density at radius 2 is 1.96 bits per heavy atom. The van der Waals surface area contributed by atoms with Gasteiger partial charge in [-0.15, -0.1) is 0 Å². The summed E-state index contributed by atoms with van der Waals surface area (Å²) in [5.41, 5.74) is 0.647. The van der Waals surface area contributed by atoms with Gasteiger partial charge >= 0.3 is 0 Å². The number of ether oxygens (including phenoxy) is 1. The zero-order valence-electron chi connectivity index (χ0n) is 15.5. The maximum absolute atomic E-state index is 13.2. The zero-order chi connectivity index (χ0) is 18.4. The van der Waals surface area contributed by atoms with Crippen LogP contribution in [0.4, 0.5) is 0 Å². The van der Waals surface area contributed by atoms with Crippen molar-refractivity contribution in [3.05, 3.63) is 60.4 Å². The highest BCUT2D eigenvalue weighted by atomic mass is 16.5. The number of pyridine rings is 1. The molecule has 0 unspecified atom stereocenters. The molecule has 0 bridgehead atoms. The summed E-state index contributed by atoms with van der Waals surface area (Å²) in [6.07, 6.45) is 4.93. The van der Waals surface area contributed by atoms with E-state index in [0.29, 0.717) is 12.3 Å². The van der Waals surface area contributed by atoms with Crippen LogP contribution in [0, 0.1) is 0 Å². The number of rotatable bonds is 6. The molecule has 26 heavy (non-hydrogen) atoms. The molecule has 0 saturated carbocycles. The number of aromatic nitrogens is 1. The van der Waals surface area contributed by atoms with Crippen molar-refractivity contribution in [2.45, 2.75) is 31.3 Å². The molecule has 1 atom stereocenters. The van der Waals surface area contributed by atoms with Crippen molar-refractivity contribution in [2.75, 3.05) is 26.7 Å². The van der Waals surface area contributed by atoms with Crippen molar-refractivity contribution in [1.82, 2.24) is 15.2 Å². The van der Waals surface area contributed by atoms with Gasteiger partial charge in [-0.2, -0.15) is 0 Å². The number of hydrogen-bond acceptors (Lipinski definition) is 4. The number of carbonyl (C=O) groups excluding carboxylic acids is 1. The molecule has 3 rings (SSSR count). The molecular weight excluding hydrogens is 326 g/mol. The minimum absolute atomic E-state index is 0.0958. The van der Waals surface area contributed by atoms with Crippen LogP contribution in [0.1, 0.15) is 25.3 Å². The van der Waals surface area contributed by atoms with Gasteiger partial charge in [0.25, 0.3) is 0 Å². The molecule has 0 radical (unpaired) electrons. The fraction of sp³-hybridized carbons (Fsp3) is 0.429. The maximum Gasteiger partial charge on any atom is 0.230 e. The largest absolute Gasteiger partial charge is 0.487 e. The van der Waals surface area contributed by atoms with Crippen LogP contribution in [0.25, 0.3) is 0 Å². The van der Waals surface area contributed by atoms with E-state index in [2.05, 4.69) is 34.4 Å². The van der Waals surface area contributed by atoms with Gasteiger partial charge in [0.05, 0.1) is 18.2 Å². The second-order valence-corrected chi connectivity index (χ2v) is 7.08. The van der Waals surface area contributed by atoms with Gasteiger partial charge in [-0.05, 0) is 57.6 Å². The standard InChI is InChI=1S/C21H27N3O2/c1-17(26-19-9-6-12-22-16-19)15-23-20(25)21(10-13-24(2)14-11-21)18-7-4-3-5-8-18/h3-9,12,16-17H,10-11,13-15H2,1-2H3,(H,23,25)/t17-/m1/s1. The molecule has 1 N–H and O–H groups in total. The second kappa shape index (κ2) is 8.32. The van der Waals surface area contributed by atoms with E-state index in [-0.39, 0.29) is 12.0 Å². The summed E-state index contributed by atoms with van der Waals surface area (Å²) in [7, 11) is 2.11. The topological polar surface area (TPSA) is 54.5 Å². The predicted octanol–water partition coefficient (Wildman–Crippen LogP) is 2.63. The van der Waals surface area contributed by atoms with Gasteiger partial charge in [0.15, 0.2) is 0 Å². The van der Waals surface area contributed by atoms with Crippen molar-refractivity contribution >= 4 is 5.91 Å². The molecule has 138 valence electrons. The van der Waals surface area contributed by atoms with Gasteiger partial charge < -0.3 is 15.0 Å². The molecule has 5 nitrogen and oxygen atoms in total. The molecule has 5 heteroatoms. The molecule has 1 saturated heterocycles. The molecule has 1 aromatic heterocycles. The number of likely N-dealkylation sites (tertiary alicyclic amines) is 1. The van der Waals surface area contributed by atoms with Crippen LogP contribution in [0.15, 0.2) is 54.9 Å². The first-order valence-corrected chi connectivity index (χ1v) is 9.19. The van der Waals surface area contributed by atoms with E-state index < -0.39 is 5.41 Å². The number of piperidine rings is 1. The average Bonchev–Trinajstić information content (AvgIpc) is 2.68. The summed E-state index contributed by atoms with van der Waals surface area (Å²) in [6, 6.07) is 13.9. The number of benzene rings is 1. The Morgan fingerprint density at radius 3 is 2.62 bits per heavy atom. The quantitative estimate of drug-likeness (QED) is 0.867. The van der Waals surface area contributed by atoms with Gasteiger partial charge in [0.2, 0.25) is 5.91 Å². The lowest BCUT2D eigenvalue weighted by molar-refractivity contribution is -0.128. The summed E-state index contributed by atoms with van der Waals surface area (Å²) < 4.78 is 5.82. The lowest BCUT2D eigenvalue weighted by Crippen LogP contribution is -2.52. The SMILES string of the molecule is C[C@H](CNC(=O)C1(c2ccccc2)CCN(C)CC1)Oc1cccnc1. The molecule has 1 fully saturated rings. The van der Waals surface area contributed by atoms with E-state index in [9.17, 15) is 4.79 Å². The third-order valence-corrected chi connectivity index (χ3v) is 5.12. The Balaban J connectivity index is 1.66. The average molecular weight is 353 g/mol. The Labute approximate surface area is 155 Å². The molecule has 1 aromatic carbocycles. The first-order valence-electron chi connectivity index (χ1n) is 9.19. The van der Waals surface area contributed by atoms with E-state index in [1.54, 1.807) is 12.4 Å². The predicted molar refractivity (Wildman–Crippen MR) is 102 cm³/mol. The fourth-order valence-electron chi connectivity index (χ4n) is 3.50. The Morgan fingerprint density at radius 1 is 1.23 bits per heavy atom. The fourth-order valence-corrected chi connectivity index (χ4v) is 3.50. The lowest BCUT2D eigenvalue weighted by atomic mass is 9.72. The molecule has 1 aliphatic rings. The summed E-state index contributed by atoms with van der Waals surface area (Å²) in [6.45, 7) is 4.27. The van der Waals surface area contributed by atoms with Crippen molar-refractivity contribution in [2.24, 2.45) is 0 Å². The summed E-state index contributed by atoms with van der Waals surface area (Å²) in [4.78, 5) is 19.5. The van der Waals surface area contributed by atoms with Crippen LogP contribution >= 0.6 is 0 Å². The van der Waals surface area contributed by atoms with Gasteiger partial charge in [-0.1, -0.05) is 30.3 Å². The molecule has 2 aromatic rings. The Kier molecular flexibility index (Phi) is 5.89. The summed E-state index contributed by atoms with van der Waals surface area (Å²) in [5.74, 6) is 0.810. The van der Waals surface area contributed by atoms with E-state index in [4.69, 9.17) is 4.74 Å². The van der Waals surface area contributed by atoms with Crippen LogP contribution in [-0.2, 0) is 10.2 Å². The van der Waals surface area contributed by atoms with Crippen molar-refractivity contribution in [3.63, 3.8) is 0 Å². The first-order chi connectivity index (χ1) is 12.6. The smallest absolute Gasteiger partial charge is 0.230 e. The van der Waals surface area contributed by atoms with E-state index in [0.717, 1.165) is 31.5 Å². The third-order valence-electron chi connectivity index (χ3n) is 5.12. The van der Waals surface area contributed by atoms with Crippen LogP contribution in [0.3, 0.4) is 0 Å². The highest BCUT2D eigenvalue weighted by molar-refractivity contribution is 5.88. The Bertz CT molecular complexity index is 698. The number of carbonyl (C=O) groups is 1. The molecular formula is C21H27N3O2. The molecule has 2 heterocycles. The van der Waals surface area contributed by atoms with Gasteiger partial charge in [0.1, 0.15) is 11.9 Å². The van der Waals surface area contributed by atoms with Crippen molar-refractivity contribution in [1.29, 1.82) is 0 Å². The monoisotopic (exact) mass is 353 g/mol. The third kappa shape index (κ3) is 4.22. The summed E-state index contributed by atoms with van der Waals surface area (Å²) in [5, 5.41) is 3.12. The van der Waals surface area contributed by atoms with Crippen molar-refractivity contribution in [3.8, 4) is 5.75 Å². The van der Waals surface area contributed by atoms with Crippen LogP contribution in [0.2, 0.25) is 0 Å². The number of nitrogens with one attached hydrogen (secondary N) is 1. The Hall–Kier alpha value is -2.40. The lowest BCUT2D eigenvalue weighted by Gasteiger charge is -2.40. The summed E-state index contributed by atoms with van der Waals surface area (Å²) >= 11 is 0. The highest BCUT2D eigenvalue weighted by Crippen LogP contribution is 2.35. The van der Waals surface area contributed by atoms with Crippen LogP contribution in [-0.4, -0.2) is 48.6 Å². The highest BCUT2D eigenvalue weighted by Gasteiger charge is 2.42. The van der Waals surface area contributed by atoms with Gasteiger partial charge in [0, 0.05) is 6.20 Å². The van der Waals surface area contributed by atoms with Crippen LogP contribution < -0.4 is 10.1 Å². The minimum Gasteiger partial charge on any atom is -0.487 e. The van der Waals surface area contributed by atoms with Gasteiger partial charge in [-0.25, -0.2) is 0 Å². The number of amides is 1. The van der Waals surface area contributed by atoms with Crippen LogP contribution in [0.5, 0.6) is 5.75 Å². The molecule has 0 spiro atoms. The number of hydrogen-bond donors (Lipinski definition) is 1. The van der Waals surface area contributed by atoms with Gasteiger partial charge in [-0.3, -0.25) is 9.78 Å². The zero-order valence-corrected chi connectivity index (χ0v) is 15.5. The number of nitrogens with zero attached hydrogens (tertiary/aromatic N) is 2.